The molecule has 0 bridgehead atoms. The van der Waals surface area contributed by atoms with Crippen molar-refractivity contribution in [3.05, 3.63) is 55.1 Å². The minimum Gasteiger partial charge on any atom is -0.391 e. The number of aromatic nitrogens is 1. The van der Waals surface area contributed by atoms with E-state index in [0.717, 1.165) is 13.0 Å². The molecule has 114 valence electrons. The molecule has 21 heavy (non-hydrogen) atoms. The van der Waals surface area contributed by atoms with Gasteiger partial charge in [-0.25, -0.2) is 0 Å². The summed E-state index contributed by atoms with van der Waals surface area (Å²) in [6.45, 7) is 3.64. The molecule has 4 nitrogen and oxygen atoms in total. The summed E-state index contributed by atoms with van der Waals surface area (Å²) in [6.07, 6.45) is 18.3. The van der Waals surface area contributed by atoms with E-state index in [1.807, 2.05) is 36.7 Å². The van der Waals surface area contributed by atoms with Crippen molar-refractivity contribution in [3.8, 4) is 0 Å². The van der Waals surface area contributed by atoms with E-state index in [4.69, 9.17) is 0 Å². The third-order valence-electron chi connectivity index (χ3n) is 2.75. The lowest BCUT2D eigenvalue weighted by molar-refractivity contribution is 0.857. The summed E-state index contributed by atoms with van der Waals surface area (Å²) >= 11 is 0. The highest BCUT2D eigenvalue weighted by atomic mass is 14.9. The zero-order valence-electron chi connectivity index (χ0n) is 12.6. The maximum absolute atomic E-state index is 3.78. The Labute approximate surface area is 128 Å². The molecular formula is C17H26N4. The number of allylic oxidation sites excluding steroid dienone is 1. The van der Waals surface area contributed by atoms with Crippen LogP contribution in [0, 0.1) is 0 Å². The largest absolute Gasteiger partial charge is 0.391 e. The van der Waals surface area contributed by atoms with Crippen LogP contribution in [0.1, 0.15) is 25.7 Å². The maximum atomic E-state index is 3.78. The van der Waals surface area contributed by atoms with Crippen LogP contribution in [-0.2, 0) is 0 Å². The minimum absolute atomic E-state index is 1.03. The Balaban J connectivity index is 0.000000140. The van der Waals surface area contributed by atoms with Gasteiger partial charge in [0, 0.05) is 37.8 Å². The highest BCUT2D eigenvalue weighted by Gasteiger charge is 1.93. The fourth-order valence-corrected chi connectivity index (χ4v) is 1.66. The van der Waals surface area contributed by atoms with Crippen LogP contribution in [0.4, 0.5) is 0 Å². The van der Waals surface area contributed by atoms with E-state index in [-0.39, 0.29) is 0 Å². The molecule has 0 aliphatic carbocycles. The Kier molecular flexibility index (Phi) is 11.8. The molecular weight excluding hydrogens is 260 g/mol. The molecule has 1 aromatic heterocycles. The van der Waals surface area contributed by atoms with Crippen LogP contribution in [0.2, 0.25) is 0 Å². The predicted molar refractivity (Wildman–Crippen MR) is 90.3 cm³/mol. The van der Waals surface area contributed by atoms with Gasteiger partial charge in [-0.2, -0.15) is 0 Å². The van der Waals surface area contributed by atoms with Gasteiger partial charge >= 0.3 is 0 Å². The molecule has 0 atom stereocenters. The number of nitrogens with one attached hydrogen (secondary N) is 2. The van der Waals surface area contributed by atoms with Gasteiger partial charge in [0.1, 0.15) is 0 Å². The van der Waals surface area contributed by atoms with Gasteiger partial charge in [0.2, 0.25) is 0 Å². The van der Waals surface area contributed by atoms with Crippen LogP contribution in [0.3, 0.4) is 0 Å². The topological polar surface area (TPSA) is 49.3 Å². The molecule has 2 N–H and O–H groups in total. The number of pyridine rings is 1. The fraction of sp³-hybridized carbons (Fsp3) is 0.412. The van der Waals surface area contributed by atoms with Crippen molar-refractivity contribution in [2.24, 2.45) is 4.99 Å². The maximum Gasteiger partial charge on any atom is 0.0267 e. The first-order chi connectivity index (χ1) is 10.5. The van der Waals surface area contributed by atoms with Gasteiger partial charge in [-0.05, 0) is 50.7 Å². The zero-order valence-corrected chi connectivity index (χ0v) is 12.6. The molecule has 1 aromatic rings. The molecule has 0 spiro atoms. The van der Waals surface area contributed by atoms with Crippen molar-refractivity contribution in [1.29, 1.82) is 0 Å². The normalized spacial score (nSPS) is 16.8. The first-order valence-corrected chi connectivity index (χ1v) is 7.61. The summed E-state index contributed by atoms with van der Waals surface area (Å²) in [5, 5.41) is 6.26. The van der Waals surface area contributed by atoms with Crippen molar-refractivity contribution in [2.45, 2.75) is 25.7 Å². The third-order valence-corrected chi connectivity index (χ3v) is 2.75. The van der Waals surface area contributed by atoms with Crippen LogP contribution < -0.4 is 10.6 Å². The third kappa shape index (κ3) is 12.8. The van der Waals surface area contributed by atoms with Crippen molar-refractivity contribution in [2.75, 3.05) is 19.6 Å². The van der Waals surface area contributed by atoms with Crippen molar-refractivity contribution in [3.63, 3.8) is 0 Å². The molecule has 3 aliphatic rings. The van der Waals surface area contributed by atoms with E-state index in [1.165, 1.54) is 32.4 Å². The Morgan fingerprint density at radius 2 is 1.67 bits per heavy atom. The Morgan fingerprint density at radius 1 is 0.857 bits per heavy atom. The standard InChI is InChI=1S/C5H5N.C4H9N.C4H7N.C4H5N/c1-2-4-6-5-3-1;3*1-2-4-5-3-1/h1-5H;5H,1-4H2;1,3,5H,2,4H2;1,3-4H,2H2. The highest BCUT2D eigenvalue weighted by Crippen LogP contribution is 1.90. The van der Waals surface area contributed by atoms with E-state index < -0.39 is 0 Å². The van der Waals surface area contributed by atoms with Crippen LogP contribution in [0.5, 0.6) is 0 Å². The van der Waals surface area contributed by atoms with Crippen LogP contribution in [0.25, 0.3) is 0 Å². The summed E-state index contributed by atoms with van der Waals surface area (Å²) < 4.78 is 0. The van der Waals surface area contributed by atoms with E-state index in [9.17, 15) is 0 Å². The highest BCUT2D eigenvalue weighted by molar-refractivity contribution is 5.62. The first-order valence-electron chi connectivity index (χ1n) is 7.61. The number of aliphatic imine (C=N–C) groups is 1. The van der Waals surface area contributed by atoms with Crippen molar-refractivity contribution < 1.29 is 0 Å². The van der Waals surface area contributed by atoms with E-state index in [2.05, 4.69) is 26.7 Å². The molecule has 4 heterocycles. The SMILES string of the molecule is C1=CN=CC1.C1=CNCC1.C1CCNC1.c1ccncc1. The molecule has 3 aliphatic heterocycles. The van der Waals surface area contributed by atoms with E-state index in [1.54, 1.807) is 18.6 Å². The van der Waals surface area contributed by atoms with Crippen LogP contribution >= 0.6 is 0 Å². The van der Waals surface area contributed by atoms with E-state index >= 15 is 0 Å². The van der Waals surface area contributed by atoms with Gasteiger partial charge in [0.25, 0.3) is 0 Å². The number of nitrogens with zero attached hydrogens (tertiary/aromatic N) is 2. The molecule has 1 fully saturated rings. The monoisotopic (exact) mass is 286 g/mol. The molecule has 1 saturated heterocycles. The summed E-state index contributed by atoms with van der Waals surface area (Å²) in [4.78, 5) is 7.56. The fourth-order valence-electron chi connectivity index (χ4n) is 1.66. The lowest BCUT2D eigenvalue weighted by Gasteiger charge is -1.78. The van der Waals surface area contributed by atoms with Gasteiger partial charge < -0.3 is 10.6 Å². The number of hydrogen-bond acceptors (Lipinski definition) is 4. The molecule has 0 amide bonds. The van der Waals surface area contributed by atoms with Gasteiger partial charge in [0.15, 0.2) is 0 Å². The number of rotatable bonds is 0. The van der Waals surface area contributed by atoms with Crippen molar-refractivity contribution in [1.82, 2.24) is 15.6 Å². The van der Waals surface area contributed by atoms with Crippen LogP contribution in [0.15, 0.2) is 60.1 Å². The average molecular weight is 286 g/mol. The molecule has 0 aromatic carbocycles. The quantitative estimate of drug-likeness (QED) is 0.771. The smallest absolute Gasteiger partial charge is 0.0267 e. The predicted octanol–water partition coefficient (Wildman–Crippen LogP) is 2.92. The summed E-state index contributed by atoms with van der Waals surface area (Å²) in [7, 11) is 0. The Morgan fingerprint density at radius 3 is 1.86 bits per heavy atom. The van der Waals surface area contributed by atoms with E-state index in [0.29, 0.717) is 0 Å². The number of hydrogen-bond donors (Lipinski definition) is 2. The molecule has 4 rings (SSSR count). The Bertz CT molecular complexity index is 344. The van der Waals surface area contributed by atoms with Gasteiger partial charge in [0.05, 0.1) is 0 Å². The zero-order chi connectivity index (χ0) is 14.8. The average Bonchev–Trinajstić information content (AvgIpc) is 3.38. The second kappa shape index (κ2) is 14.5. The molecule has 0 unspecified atom stereocenters. The van der Waals surface area contributed by atoms with Crippen LogP contribution in [-0.4, -0.2) is 30.8 Å². The lowest BCUT2D eigenvalue weighted by Crippen LogP contribution is -2.03. The second-order valence-electron chi connectivity index (χ2n) is 4.58. The lowest BCUT2D eigenvalue weighted by atomic mass is 10.4. The van der Waals surface area contributed by atoms with Gasteiger partial charge in [-0.15, -0.1) is 0 Å². The molecule has 0 saturated carbocycles. The Hall–Kier alpha value is -1.94. The summed E-state index contributed by atoms with van der Waals surface area (Å²) in [6, 6.07) is 5.72. The molecule has 0 radical (unpaired) electrons. The summed E-state index contributed by atoms with van der Waals surface area (Å²) in [5.41, 5.74) is 0. The van der Waals surface area contributed by atoms with Crippen molar-refractivity contribution >= 4 is 6.21 Å². The first kappa shape index (κ1) is 17.1. The molecule has 4 heteroatoms. The minimum atomic E-state index is 1.03. The summed E-state index contributed by atoms with van der Waals surface area (Å²) in [5.74, 6) is 0. The second-order valence-corrected chi connectivity index (χ2v) is 4.58. The van der Waals surface area contributed by atoms with Gasteiger partial charge in [-0.1, -0.05) is 18.2 Å². The van der Waals surface area contributed by atoms with Gasteiger partial charge in [-0.3, -0.25) is 9.98 Å².